The van der Waals surface area contributed by atoms with Crippen LogP contribution in [-0.2, 0) is 0 Å². The first kappa shape index (κ1) is 18.0. The highest BCUT2D eigenvalue weighted by Crippen LogP contribution is 2.30. The largest absolute Gasteiger partial charge is 0.322 e. The van der Waals surface area contributed by atoms with Crippen molar-refractivity contribution < 1.29 is 4.79 Å². The Bertz CT molecular complexity index is 885. The monoisotopic (exact) mass is 430 g/mol. The van der Waals surface area contributed by atoms with Gasteiger partial charge in [-0.3, -0.25) is 4.79 Å². The summed E-state index contributed by atoms with van der Waals surface area (Å²) in [7, 11) is 0. The number of anilines is 1. The van der Waals surface area contributed by atoms with Crippen molar-refractivity contribution in [3.05, 3.63) is 76.9 Å². The lowest BCUT2D eigenvalue weighted by Crippen LogP contribution is -2.12. The van der Waals surface area contributed by atoms with Gasteiger partial charge >= 0.3 is 0 Å². The van der Waals surface area contributed by atoms with E-state index in [1.807, 2.05) is 66.9 Å². The third-order valence-corrected chi connectivity index (χ3v) is 5.60. The van der Waals surface area contributed by atoms with E-state index in [4.69, 9.17) is 0 Å². The number of hydrogen-bond donors (Lipinski definition) is 1. The van der Waals surface area contributed by atoms with Crippen molar-refractivity contribution in [3.8, 4) is 0 Å². The number of nitrogens with one attached hydrogen (secondary N) is 1. The minimum absolute atomic E-state index is 0.126. The van der Waals surface area contributed by atoms with Gasteiger partial charge in [-0.15, -0.1) is 11.8 Å². The maximum atomic E-state index is 12.7. The Balaban J connectivity index is 1.81. The number of halogens is 1. The van der Waals surface area contributed by atoms with Crippen LogP contribution in [0, 0.1) is 0 Å². The zero-order valence-corrected chi connectivity index (χ0v) is 16.6. The van der Waals surface area contributed by atoms with E-state index in [9.17, 15) is 4.79 Å². The molecular formula is C19H15BrN2OS2. The summed E-state index contributed by atoms with van der Waals surface area (Å²) in [6.45, 7) is 0. The van der Waals surface area contributed by atoms with E-state index in [1.54, 1.807) is 18.0 Å². The first-order valence-electron chi connectivity index (χ1n) is 7.49. The maximum Gasteiger partial charge on any atom is 0.256 e. The van der Waals surface area contributed by atoms with Gasteiger partial charge in [0.15, 0.2) is 0 Å². The van der Waals surface area contributed by atoms with E-state index >= 15 is 0 Å². The number of carbonyl (C=O) groups excluding carboxylic acids is 1. The summed E-state index contributed by atoms with van der Waals surface area (Å²) in [6.07, 6.45) is 3.76. The van der Waals surface area contributed by atoms with Gasteiger partial charge in [-0.1, -0.05) is 30.0 Å². The number of rotatable bonds is 5. The van der Waals surface area contributed by atoms with Crippen LogP contribution in [0.25, 0.3) is 0 Å². The number of thioether (sulfide) groups is 1. The molecule has 0 atom stereocenters. The van der Waals surface area contributed by atoms with E-state index in [0.29, 0.717) is 5.56 Å². The van der Waals surface area contributed by atoms with Gasteiger partial charge < -0.3 is 5.32 Å². The molecule has 6 heteroatoms. The normalized spacial score (nSPS) is 10.5. The van der Waals surface area contributed by atoms with Crippen molar-refractivity contribution in [1.29, 1.82) is 0 Å². The molecule has 0 aliphatic carbocycles. The fraction of sp³-hybridized carbons (Fsp3) is 0.0526. The molecule has 1 aromatic heterocycles. The van der Waals surface area contributed by atoms with Crippen LogP contribution in [0.1, 0.15) is 10.4 Å². The Kier molecular flexibility index (Phi) is 6.18. The average molecular weight is 431 g/mol. The number of hydrogen-bond acceptors (Lipinski definition) is 4. The number of pyridine rings is 1. The van der Waals surface area contributed by atoms with Crippen LogP contribution in [0.5, 0.6) is 0 Å². The van der Waals surface area contributed by atoms with Crippen LogP contribution in [0.15, 0.2) is 86.2 Å². The summed E-state index contributed by atoms with van der Waals surface area (Å²) in [4.78, 5) is 19.1. The van der Waals surface area contributed by atoms with E-state index in [0.717, 1.165) is 25.0 Å². The van der Waals surface area contributed by atoms with Crippen LogP contribution in [0.4, 0.5) is 5.69 Å². The highest BCUT2D eigenvalue weighted by atomic mass is 79.9. The van der Waals surface area contributed by atoms with Crippen LogP contribution in [0.3, 0.4) is 0 Å². The first-order chi connectivity index (χ1) is 12.2. The van der Waals surface area contributed by atoms with Crippen LogP contribution in [0.2, 0.25) is 0 Å². The molecule has 0 unspecified atom stereocenters. The van der Waals surface area contributed by atoms with Crippen molar-refractivity contribution in [3.63, 3.8) is 0 Å². The molecule has 0 saturated carbocycles. The van der Waals surface area contributed by atoms with Crippen molar-refractivity contribution in [2.24, 2.45) is 0 Å². The summed E-state index contributed by atoms with van der Waals surface area (Å²) in [5, 5.41) is 3.82. The van der Waals surface area contributed by atoms with Crippen molar-refractivity contribution in [2.75, 3.05) is 11.6 Å². The molecule has 2 aromatic carbocycles. The number of nitrogens with zero attached hydrogens (tertiary/aromatic N) is 1. The summed E-state index contributed by atoms with van der Waals surface area (Å²) in [6, 6.07) is 19.2. The van der Waals surface area contributed by atoms with Gasteiger partial charge in [-0.2, -0.15) is 0 Å². The predicted octanol–water partition coefficient (Wildman–Crippen LogP) is 5.97. The zero-order chi connectivity index (χ0) is 17.6. The molecule has 0 radical (unpaired) electrons. The lowest BCUT2D eigenvalue weighted by molar-refractivity contribution is 0.102. The Morgan fingerprint density at radius 3 is 2.68 bits per heavy atom. The Labute approximate surface area is 163 Å². The summed E-state index contributed by atoms with van der Waals surface area (Å²) in [5.74, 6) is -0.126. The Hall–Kier alpha value is -1.76. The van der Waals surface area contributed by atoms with Gasteiger partial charge in [0.25, 0.3) is 5.91 Å². The molecule has 3 nitrogen and oxygen atoms in total. The first-order valence-corrected chi connectivity index (χ1v) is 10.3. The molecule has 1 N–H and O–H groups in total. The number of amides is 1. The van der Waals surface area contributed by atoms with Crippen LogP contribution < -0.4 is 5.32 Å². The van der Waals surface area contributed by atoms with E-state index in [1.165, 1.54) is 11.8 Å². The molecule has 0 bridgehead atoms. The SMILES string of the molecule is CSc1cccc(NC(=O)c2ccccc2Sc2ccc(Br)cn2)c1. The summed E-state index contributed by atoms with van der Waals surface area (Å²) >= 11 is 6.50. The van der Waals surface area contributed by atoms with Crippen LogP contribution in [-0.4, -0.2) is 17.1 Å². The van der Waals surface area contributed by atoms with E-state index in [-0.39, 0.29) is 5.91 Å². The highest BCUT2D eigenvalue weighted by Gasteiger charge is 2.13. The van der Waals surface area contributed by atoms with Gasteiger partial charge in [-0.05, 0) is 64.7 Å². The molecule has 0 aliphatic rings. The summed E-state index contributed by atoms with van der Waals surface area (Å²) in [5.41, 5.74) is 1.42. The molecule has 3 rings (SSSR count). The third-order valence-electron chi connectivity index (χ3n) is 3.37. The van der Waals surface area contributed by atoms with Gasteiger partial charge in [0.1, 0.15) is 5.03 Å². The molecule has 0 spiro atoms. The maximum absolute atomic E-state index is 12.7. The topological polar surface area (TPSA) is 42.0 Å². The van der Waals surface area contributed by atoms with Gasteiger partial charge in [-0.25, -0.2) is 4.98 Å². The molecule has 0 fully saturated rings. The predicted molar refractivity (Wildman–Crippen MR) is 109 cm³/mol. The van der Waals surface area contributed by atoms with Crippen molar-refractivity contribution in [2.45, 2.75) is 14.8 Å². The molecule has 1 heterocycles. The van der Waals surface area contributed by atoms with Gasteiger partial charge in [0.05, 0.1) is 5.56 Å². The number of aromatic nitrogens is 1. The summed E-state index contributed by atoms with van der Waals surface area (Å²) < 4.78 is 0.927. The van der Waals surface area contributed by atoms with E-state index < -0.39 is 0 Å². The highest BCUT2D eigenvalue weighted by molar-refractivity contribution is 9.10. The number of benzene rings is 2. The lowest BCUT2D eigenvalue weighted by atomic mass is 10.2. The minimum atomic E-state index is -0.126. The Morgan fingerprint density at radius 1 is 1.08 bits per heavy atom. The average Bonchev–Trinajstić information content (AvgIpc) is 2.64. The van der Waals surface area contributed by atoms with Crippen LogP contribution >= 0.6 is 39.5 Å². The van der Waals surface area contributed by atoms with E-state index in [2.05, 4.69) is 26.2 Å². The van der Waals surface area contributed by atoms with Crippen molar-refractivity contribution in [1.82, 2.24) is 4.98 Å². The van der Waals surface area contributed by atoms with Gasteiger partial charge in [0, 0.05) is 26.1 Å². The lowest BCUT2D eigenvalue weighted by Gasteiger charge is -2.10. The fourth-order valence-corrected chi connectivity index (χ4v) is 3.76. The quantitative estimate of drug-likeness (QED) is 0.506. The molecule has 0 saturated heterocycles. The second-order valence-corrected chi connectivity index (χ2v) is 7.96. The second kappa shape index (κ2) is 8.56. The molecule has 0 aliphatic heterocycles. The van der Waals surface area contributed by atoms with Crippen molar-refractivity contribution >= 4 is 51.0 Å². The zero-order valence-electron chi connectivity index (χ0n) is 13.4. The molecule has 1 amide bonds. The van der Waals surface area contributed by atoms with Gasteiger partial charge in [0.2, 0.25) is 0 Å². The minimum Gasteiger partial charge on any atom is -0.322 e. The molecule has 3 aromatic rings. The molecule has 25 heavy (non-hydrogen) atoms. The smallest absolute Gasteiger partial charge is 0.256 e. The second-order valence-electron chi connectivity index (χ2n) is 5.10. The fourth-order valence-electron chi connectivity index (χ4n) is 2.18. The molecular weight excluding hydrogens is 416 g/mol. The third kappa shape index (κ3) is 4.87. The Morgan fingerprint density at radius 2 is 1.92 bits per heavy atom. The number of carbonyl (C=O) groups is 1. The standard InChI is InChI=1S/C19H15BrN2OS2/c1-24-15-6-4-5-14(11-15)22-19(23)16-7-2-3-8-17(16)25-18-10-9-13(20)12-21-18/h2-12H,1H3,(H,22,23). The molecule has 126 valence electrons.